The lowest BCUT2D eigenvalue weighted by Crippen LogP contribution is -2.53. The Bertz CT molecular complexity index is 332. The largest absolute Gasteiger partial charge is 0.481 e. The second kappa shape index (κ2) is 4.64. The first-order valence-corrected chi connectivity index (χ1v) is 6.30. The van der Waals surface area contributed by atoms with Crippen LogP contribution in [-0.4, -0.2) is 59.0 Å². The number of aliphatic carboxylic acids is 1. The number of likely N-dealkylation sites (N-methyl/N-ethyl adjacent to an activating group) is 1. The van der Waals surface area contributed by atoms with Crippen LogP contribution >= 0.6 is 0 Å². The number of hydrogen-bond donors (Lipinski definition) is 1. The number of nitrogens with zero attached hydrogens (tertiary/aromatic N) is 2. The fourth-order valence-electron chi connectivity index (χ4n) is 2.64. The molecule has 1 heterocycles. The van der Waals surface area contributed by atoms with Crippen molar-refractivity contribution in [2.45, 2.75) is 26.3 Å². The molecule has 2 fully saturated rings. The van der Waals surface area contributed by atoms with Gasteiger partial charge in [-0.2, -0.15) is 0 Å². The highest BCUT2D eigenvalue weighted by molar-refractivity contribution is 5.89. The molecule has 96 valence electrons. The van der Waals surface area contributed by atoms with Gasteiger partial charge in [-0.05, 0) is 19.9 Å². The molecule has 1 amide bonds. The number of piperazine rings is 1. The van der Waals surface area contributed by atoms with Gasteiger partial charge in [-0.1, -0.05) is 6.92 Å². The van der Waals surface area contributed by atoms with Crippen molar-refractivity contribution in [1.29, 1.82) is 0 Å². The number of amides is 1. The summed E-state index contributed by atoms with van der Waals surface area (Å²) in [6.07, 6.45) is 0.524. The Morgan fingerprint density at radius 3 is 2.47 bits per heavy atom. The Hall–Kier alpha value is -1.10. The van der Waals surface area contributed by atoms with Crippen molar-refractivity contribution >= 4 is 11.9 Å². The summed E-state index contributed by atoms with van der Waals surface area (Å²) in [5.41, 5.74) is 0. The molecule has 3 atom stereocenters. The second-order valence-corrected chi connectivity index (χ2v) is 5.05. The van der Waals surface area contributed by atoms with Crippen molar-refractivity contribution in [3.8, 4) is 0 Å². The average molecular weight is 240 g/mol. The number of carbonyl (C=O) groups excluding carboxylic acids is 1. The molecule has 17 heavy (non-hydrogen) atoms. The van der Waals surface area contributed by atoms with Crippen LogP contribution in [0.5, 0.6) is 0 Å². The monoisotopic (exact) mass is 240 g/mol. The Morgan fingerprint density at radius 1 is 1.29 bits per heavy atom. The van der Waals surface area contributed by atoms with E-state index in [9.17, 15) is 9.59 Å². The van der Waals surface area contributed by atoms with Gasteiger partial charge in [0.05, 0.1) is 11.8 Å². The lowest BCUT2D eigenvalue weighted by atomic mass is 10.1. The highest BCUT2D eigenvalue weighted by atomic mass is 16.4. The maximum Gasteiger partial charge on any atom is 0.307 e. The third-order valence-electron chi connectivity index (χ3n) is 3.91. The summed E-state index contributed by atoms with van der Waals surface area (Å²) in [5, 5.41) is 8.82. The van der Waals surface area contributed by atoms with Crippen molar-refractivity contribution in [2.24, 2.45) is 11.8 Å². The molecule has 1 unspecified atom stereocenters. The first-order valence-electron chi connectivity index (χ1n) is 6.30. The zero-order valence-electron chi connectivity index (χ0n) is 10.4. The van der Waals surface area contributed by atoms with Crippen molar-refractivity contribution in [3.05, 3.63) is 0 Å². The first-order chi connectivity index (χ1) is 8.04. The standard InChI is InChI=1S/C12H20N2O3/c1-3-13-4-5-14(7-8(13)2)11(15)9-6-10(9)12(16)17/h8-10H,3-7H2,1-2H3,(H,16,17)/t8?,9-,10+/m1/s1. The van der Waals surface area contributed by atoms with Crippen LogP contribution in [0.4, 0.5) is 0 Å². The van der Waals surface area contributed by atoms with E-state index in [0.717, 1.165) is 26.2 Å². The molecule has 0 aromatic carbocycles. The third kappa shape index (κ3) is 2.44. The van der Waals surface area contributed by atoms with Gasteiger partial charge in [0.2, 0.25) is 5.91 Å². The second-order valence-electron chi connectivity index (χ2n) is 5.05. The van der Waals surface area contributed by atoms with Gasteiger partial charge in [-0.15, -0.1) is 0 Å². The Balaban J connectivity index is 1.88. The van der Waals surface area contributed by atoms with E-state index in [4.69, 9.17) is 5.11 Å². The Morgan fingerprint density at radius 2 is 2.00 bits per heavy atom. The minimum absolute atomic E-state index is 0.0417. The summed E-state index contributed by atoms with van der Waals surface area (Å²) in [6.45, 7) is 7.60. The van der Waals surface area contributed by atoms with Gasteiger partial charge in [0.15, 0.2) is 0 Å². The fraction of sp³-hybridized carbons (Fsp3) is 0.833. The molecule has 1 N–H and O–H groups in total. The quantitative estimate of drug-likeness (QED) is 0.768. The summed E-state index contributed by atoms with van der Waals surface area (Å²) in [5.74, 6) is -1.47. The molecule has 2 rings (SSSR count). The van der Waals surface area contributed by atoms with Gasteiger partial charge in [-0.3, -0.25) is 14.5 Å². The maximum absolute atomic E-state index is 12.1. The molecule has 5 nitrogen and oxygen atoms in total. The van der Waals surface area contributed by atoms with E-state index < -0.39 is 11.9 Å². The summed E-state index contributed by atoms with van der Waals surface area (Å²) in [6, 6.07) is 0.375. The van der Waals surface area contributed by atoms with E-state index in [1.807, 2.05) is 4.90 Å². The van der Waals surface area contributed by atoms with Crippen LogP contribution in [0.1, 0.15) is 20.3 Å². The molecule has 0 radical (unpaired) electrons. The van der Waals surface area contributed by atoms with Crippen molar-refractivity contribution < 1.29 is 14.7 Å². The maximum atomic E-state index is 12.1. The van der Waals surface area contributed by atoms with Crippen LogP contribution < -0.4 is 0 Å². The van der Waals surface area contributed by atoms with Gasteiger partial charge in [-0.25, -0.2) is 0 Å². The average Bonchev–Trinajstić information content (AvgIpc) is 3.08. The van der Waals surface area contributed by atoms with Crippen LogP contribution in [0.3, 0.4) is 0 Å². The Labute approximate surface area is 101 Å². The van der Waals surface area contributed by atoms with Crippen LogP contribution in [0.2, 0.25) is 0 Å². The van der Waals surface area contributed by atoms with Crippen molar-refractivity contribution in [3.63, 3.8) is 0 Å². The summed E-state index contributed by atoms with van der Waals surface area (Å²) in [4.78, 5) is 27.0. The van der Waals surface area contributed by atoms with Crippen LogP contribution in [0.25, 0.3) is 0 Å². The van der Waals surface area contributed by atoms with E-state index in [2.05, 4.69) is 18.7 Å². The molecular formula is C12H20N2O3. The highest BCUT2D eigenvalue weighted by Crippen LogP contribution is 2.40. The molecule has 1 saturated carbocycles. The van der Waals surface area contributed by atoms with Gasteiger partial charge in [0.25, 0.3) is 0 Å². The molecular weight excluding hydrogens is 220 g/mol. The van der Waals surface area contributed by atoms with Crippen LogP contribution in [-0.2, 0) is 9.59 Å². The molecule has 0 aromatic rings. The van der Waals surface area contributed by atoms with Gasteiger partial charge in [0.1, 0.15) is 0 Å². The summed E-state index contributed by atoms with van der Waals surface area (Å²) >= 11 is 0. The number of carboxylic acids is 1. The van der Waals surface area contributed by atoms with E-state index in [0.29, 0.717) is 12.5 Å². The van der Waals surface area contributed by atoms with E-state index >= 15 is 0 Å². The lowest BCUT2D eigenvalue weighted by Gasteiger charge is -2.39. The SMILES string of the molecule is CCN1CCN(C(=O)[C@@H]2C[C@@H]2C(=O)O)CC1C. The zero-order valence-corrected chi connectivity index (χ0v) is 10.4. The van der Waals surface area contributed by atoms with E-state index in [1.165, 1.54) is 0 Å². The molecule has 0 spiro atoms. The Kier molecular flexibility index (Phi) is 3.38. The molecule has 2 aliphatic rings. The molecule has 5 heteroatoms. The lowest BCUT2D eigenvalue weighted by molar-refractivity contribution is -0.142. The molecule has 1 saturated heterocycles. The number of carboxylic acid groups (broad SMARTS) is 1. The van der Waals surface area contributed by atoms with Gasteiger partial charge < -0.3 is 10.0 Å². The van der Waals surface area contributed by atoms with Gasteiger partial charge >= 0.3 is 5.97 Å². The number of carbonyl (C=O) groups is 2. The molecule has 1 aliphatic carbocycles. The minimum atomic E-state index is -0.830. The molecule has 1 aliphatic heterocycles. The normalized spacial score (nSPS) is 33.5. The van der Waals surface area contributed by atoms with E-state index in [-0.39, 0.29) is 11.8 Å². The topological polar surface area (TPSA) is 60.9 Å². The first kappa shape index (κ1) is 12.4. The number of rotatable bonds is 3. The predicted octanol–water partition coefficient (Wildman–Crippen LogP) is 0.260. The van der Waals surface area contributed by atoms with Crippen LogP contribution in [0.15, 0.2) is 0 Å². The summed E-state index contributed by atoms with van der Waals surface area (Å²) < 4.78 is 0. The van der Waals surface area contributed by atoms with E-state index in [1.54, 1.807) is 0 Å². The van der Waals surface area contributed by atoms with Crippen molar-refractivity contribution in [2.75, 3.05) is 26.2 Å². The minimum Gasteiger partial charge on any atom is -0.481 e. The molecule has 0 bridgehead atoms. The fourth-order valence-corrected chi connectivity index (χ4v) is 2.64. The predicted molar refractivity (Wildman–Crippen MR) is 62.5 cm³/mol. The van der Waals surface area contributed by atoms with Crippen molar-refractivity contribution in [1.82, 2.24) is 9.80 Å². The highest BCUT2D eigenvalue weighted by Gasteiger charge is 2.50. The number of hydrogen-bond acceptors (Lipinski definition) is 3. The van der Waals surface area contributed by atoms with Gasteiger partial charge in [0, 0.05) is 25.7 Å². The summed E-state index contributed by atoms with van der Waals surface area (Å²) in [7, 11) is 0. The smallest absolute Gasteiger partial charge is 0.307 e. The molecule has 0 aromatic heterocycles. The third-order valence-corrected chi connectivity index (χ3v) is 3.91. The zero-order chi connectivity index (χ0) is 12.6. The van der Waals surface area contributed by atoms with Crippen LogP contribution in [0, 0.1) is 11.8 Å².